The van der Waals surface area contributed by atoms with Crippen LogP contribution in [0.15, 0.2) is 54.1 Å². The molecule has 2 aromatic rings. The summed E-state index contributed by atoms with van der Waals surface area (Å²) in [5.41, 5.74) is 2.66. The van der Waals surface area contributed by atoms with E-state index in [0.717, 1.165) is 18.7 Å². The Morgan fingerprint density at radius 3 is 2.56 bits per heavy atom. The summed E-state index contributed by atoms with van der Waals surface area (Å²) in [4.78, 5) is 14.8. The van der Waals surface area contributed by atoms with E-state index in [1.165, 1.54) is 24.9 Å². The maximum atomic E-state index is 12.4. The van der Waals surface area contributed by atoms with E-state index in [1.54, 1.807) is 37.5 Å². The second-order valence-corrected chi connectivity index (χ2v) is 6.50. The number of hydrogen-bond acceptors (Lipinski definition) is 4. The number of anilines is 2. The van der Waals surface area contributed by atoms with Crippen molar-refractivity contribution < 1.29 is 9.53 Å². The number of nitrogens with zero attached hydrogens (tertiary/aromatic N) is 2. The summed E-state index contributed by atoms with van der Waals surface area (Å²) in [7, 11) is 1.56. The van der Waals surface area contributed by atoms with Gasteiger partial charge in [-0.25, -0.2) is 0 Å². The number of rotatable bonds is 5. The fourth-order valence-electron chi connectivity index (χ4n) is 3.15. The number of nitriles is 1. The van der Waals surface area contributed by atoms with E-state index in [1.807, 2.05) is 30.3 Å². The molecule has 0 unspecified atom stereocenters. The van der Waals surface area contributed by atoms with Crippen LogP contribution in [0.25, 0.3) is 6.08 Å². The third-order valence-electron chi connectivity index (χ3n) is 4.62. The van der Waals surface area contributed by atoms with Crippen LogP contribution in [0.1, 0.15) is 24.8 Å². The van der Waals surface area contributed by atoms with Crippen molar-refractivity contribution in [1.82, 2.24) is 0 Å². The number of ether oxygens (including phenoxy) is 1. The van der Waals surface area contributed by atoms with E-state index < -0.39 is 5.91 Å². The molecule has 1 N–H and O–H groups in total. The van der Waals surface area contributed by atoms with Gasteiger partial charge in [0.25, 0.3) is 5.91 Å². The fraction of sp³-hybridized carbons (Fsp3) is 0.273. The lowest BCUT2D eigenvalue weighted by molar-refractivity contribution is -0.112. The van der Waals surface area contributed by atoms with Crippen LogP contribution in [0.3, 0.4) is 0 Å². The van der Waals surface area contributed by atoms with Crippen molar-refractivity contribution in [2.45, 2.75) is 19.3 Å². The first-order valence-corrected chi connectivity index (χ1v) is 9.12. The van der Waals surface area contributed by atoms with E-state index in [-0.39, 0.29) is 5.57 Å². The molecule has 1 aliphatic heterocycles. The molecule has 138 valence electrons. The predicted octanol–water partition coefficient (Wildman–Crippen LogP) is 4.23. The Bertz CT molecular complexity index is 860. The normalized spacial score (nSPS) is 14.4. The third-order valence-corrected chi connectivity index (χ3v) is 4.62. The lowest BCUT2D eigenvalue weighted by atomic mass is 10.1. The quantitative estimate of drug-likeness (QED) is 0.639. The van der Waals surface area contributed by atoms with E-state index in [9.17, 15) is 10.1 Å². The Labute approximate surface area is 159 Å². The highest BCUT2D eigenvalue weighted by Crippen LogP contribution is 2.22. The van der Waals surface area contributed by atoms with E-state index in [4.69, 9.17) is 4.74 Å². The zero-order valence-corrected chi connectivity index (χ0v) is 15.4. The maximum Gasteiger partial charge on any atom is 0.266 e. The predicted molar refractivity (Wildman–Crippen MR) is 108 cm³/mol. The van der Waals surface area contributed by atoms with Gasteiger partial charge < -0.3 is 15.0 Å². The van der Waals surface area contributed by atoms with Crippen LogP contribution in [0.2, 0.25) is 0 Å². The summed E-state index contributed by atoms with van der Waals surface area (Å²) in [6, 6.07) is 17.0. The molecule has 27 heavy (non-hydrogen) atoms. The molecule has 0 aromatic heterocycles. The van der Waals surface area contributed by atoms with Crippen molar-refractivity contribution in [1.29, 1.82) is 5.26 Å². The second-order valence-electron chi connectivity index (χ2n) is 6.50. The molecule has 0 spiro atoms. The molecule has 0 atom stereocenters. The third kappa shape index (κ3) is 4.89. The van der Waals surface area contributed by atoms with Gasteiger partial charge in [0.15, 0.2) is 0 Å². The molecule has 1 saturated heterocycles. The largest absolute Gasteiger partial charge is 0.497 e. The summed E-state index contributed by atoms with van der Waals surface area (Å²) in [5.74, 6) is 0.203. The lowest BCUT2D eigenvalue weighted by Gasteiger charge is -2.28. The lowest BCUT2D eigenvalue weighted by Crippen LogP contribution is -2.29. The number of amides is 1. The number of nitrogens with one attached hydrogen (secondary N) is 1. The number of carbonyl (C=O) groups is 1. The van der Waals surface area contributed by atoms with Gasteiger partial charge >= 0.3 is 0 Å². The summed E-state index contributed by atoms with van der Waals surface area (Å²) in [6.07, 6.45) is 5.36. The van der Waals surface area contributed by atoms with Crippen LogP contribution in [0, 0.1) is 11.3 Å². The average Bonchev–Trinajstić information content (AvgIpc) is 2.73. The highest BCUT2D eigenvalue weighted by Gasteiger charge is 2.12. The number of hydrogen-bond donors (Lipinski definition) is 1. The maximum absolute atomic E-state index is 12.4. The van der Waals surface area contributed by atoms with Gasteiger partial charge in [-0.15, -0.1) is 0 Å². The van der Waals surface area contributed by atoms with Crippen molar-refractivity contribution in [3.63, 3.8) is 0 Å². The van der Waals surface area contributed by atoms with Crippen molar-refractivity contribution >= 4 is 23.4 Å². The van der Waals surface area contributed by atoms with E-state index in [2.05, 4.69) is 10.2 Å². The first-order chi connectivity index (χ1) is 13.2. The number of carbonyl (C=O) groups excluding carboxylic acids is 1. The van der Waals surface area contributed by atoms with Crippen LogP contribution in [-0.4, -0.2) is 26.1 Å². The van der Waals surface area contributed by atoms with Crippen LogP contribution in [-0.2, 0) is 4.79 Å². The first kappa shape index (κ1) is 18.5. The van der Waals surface area contributed by atoms with Crippen molar-refractivity contribution in [3.05, 3.63) is 59.7 Å². The first-order valence-electron chi connectivity index (χ1n) is 9.12. The molecule has 0 aliphatic carbocycles. The van der Waals surface area contributed by atoms with E-state index in [0.29, 0.717) is 11.4 Å². The molecule has 1 fully saturated rings. The minimum Gasteiger partial charge on any atom is -0.497 e. The molecule has 1 heterocycles. The highest BCUT2D eigenvalue weighted by molar-refractivity contribution is 6.09. The zero-order chi connectivity index (χ0) is 19.1. The summed E-state index contributed by atoms with van der Waals surface area (Å²) in [5, 5.41) is 12.1. The van der Waals surface area contributed by atoms with Gasteiger partial charge in [0, 0.05) is 30.5 Å². The van der Waals surface area contributed by atoms with Crippen molar-refractivity contribution in [2.24, 2.45) is 0 Å². The average molecular weight is 361 g/mol. The SMILES string of the molecule is COc1cccc(NC(=O)/C(C#N)=C/c2ccc(N3CCCCC3)cc2)c1. The standard InChI is InChI=1S/C22H23N3O2/c1-27-21-7-5-6-19(15-21)24-22(26)18(16-23)14-17-8-10-20(11-9-17)25-12-3-2-4-13-25/h5-11,14-15H,2-4,12-13H2,1H3,(H,24,26)/b18-14+. The minimum absolute atomic E-state index is 0.0588. The van der Waals surface area contributed by atoms with Gasteiger partial charge in [0.05, 0.1) is 7.11 Å². The Morgan fingerprint density at radius 2 is 1.89 bits per heavy atom. The molecular weight excluding hydrogens is 338 g/mol. The topological polar surface area (TPSA) is 65.4 Å². The zero-order valence-electron chi connectivity index (χ0n) is 15.4. The van der Waals surface area contributed by atoms with Crippen LogP contribution < -0.4 is 15.0 Å². The fourth-order valence-corrected chi connectivity index (χ4v) is 3.15. The number of methoxy groups -OCH3 is 1. The molecule has 0 radical (unpaired) electrons. The summed E-state index contributed by atoms with van der Waals surface area (Å²) < 4.78 is 5.15. The van der Waals surface area contributed by atoms with Gasteiger partial charge in [-0.3, -0.25) is 4.79 Å². The Hall–Kier alpha value is -3.26. The molecule has 3 rings (SSSR count). The minimum atomic E-state index is -0.439. The number of benzene rings is 2. The summed E-state index contributed by atoms with van der Waals surface area (Å²) >= 11 is 0. The van der Waals surface area contributed by atoms with Crippen molar-refractivity contribution in [3.8, 4) is 11.8 Å². The van der Waals surface area contributed by atoms with Gasteiger partial charge in [-0.2, -0.15) is 5.26 Å². The van der Waals surface area contributed by atoms with Gasteiger partial charge in [0.1, 0.15) is 17.4 Å². The Kier molecular flexibility index (Phi) is 6.11. The monoisotopic (exact) mass is 361 g/mol. The van der Waals surface area contributed by atoms with Crippen LogP contribution >= 0.6 is 0 Å². The molecule has 1 amide bonds. The van der Waals surface area contributed by atoms with E-state index >= 15 is 0 Å². The van der Waals surface area contributed by atoms with Gasteiger partial charge in [0.2, 0.25) is 0 Å². The molecular formula is C22H23N3O2. The summed E-state index contributed by atoms with van der Waals surface area (Å²) in [6.45, 7) is 2.17. The van der Waals surface area contributed by atoms with Crippen molar-refractivity contribution in [2.75, 3.05) is 30.4 Å². The Balaban J connectivity index is 1.71. The van der Waals surface area contributed by atoms with Gasteiger partial charge in [-0.05, 0) is 55.2 Å². The number of piperidine rings is 1. The molecule has 0 bridgehead atoms. The molecule has 2 aromatic carbocycles. The van der Waals surface area contributed by atoms with Gasteiger partial charge in [-0.1, -0.05) is 18.2 Å². The van der Waals surface area contributed by atoms with Crippen LogP contribution in [0.4, 0.5) is 11.4 Å². The Morgan fingerprint density at radius 1 is 1.15 bits per heavy atom. The molecule has 0 saturated carbocycles. The molecule has 5 heteroatoms. The second kappa shape index (κ2) is 8.91. The van der Waals surface area contributed by atoms with Crippen LogP contribution in [0.5, 0.6) is 5.75 Å². The highest BCUT2D eigenvalue weighted by atomic mass is 16.5. The molecule has 5 nitrogen and oxygen atoms in total. The smallest absolute Gasteiger partial charge is 0.266 e. The molecule has 1 aliphatic rings.